The first-order valence-corrected chi connectivity index (χ1v) is 10.0. The quantitative estimate of drug-likeness (QED) is 0.477. The molecular formula is C23H26N2O7. The minimum Gasteiger partial charge on any atom is -0.493 e. The molecule has 3 rings (SSSR count). The number of nitrogens with one attached hydrogen (secondary N) is 1. The Bertz CT molecular complexity index is 968. The molecule has 1 amide bonds. The summed E-state index contributed by atoms with van der Waals surface area (Å²) in [6.07, 6.45) is -0.459. The highest BCUT2D eigenvalue weighted by molar-refractivity contribution is 5.98. The maximum absolute atomic E-state index is 13.2. The summed E-state index contributed by atoms with van der Waals surface area (Å²) in [5.41, 5.74) is 1.15. The lowest BCUT2D eigenvalue weighted by molar-refractivity contribution is -0.141. The first-order valence-electron chi connectivity index (χ1n) is 10.0. The molecule has 2 aromatic rings. The first kappa shape index (κ1) is 22.9. The third-order valence-electron chi connectivity index (χ3n) is 5.09. The van der Waals surface area contributed by atoms with E-state index >= 15 is 0 Å². The molecule has 1 fully saturated rings. The summed E-state index contributed by atoms with van der Waals surface area (Å²) in [7, 11) is 2.90. The van der Waals surface area contributed by atoms with Gasteiger partial charge < -0.3 is 29.0 Å². The van der Waals surface area contributed by atoms with Gasteiger partial charge in [0.2, 0.25) is 5.75 Å². The van der Waals surface area contributed by atoms with Crippen LogP contribution >= 0.6 is 0 Å². The van der Waals surface area contributed by atoms with Crippen molar-refractivity contribution in [3.8, 4) is 17.2 Å². The van der Waals surface area contributed by atoms with Crippen molar-refractivity contribution < 1.29 is 33.6 Å². The second-order valence-electron chi connectivity index (χ2n) is 7.33. The molecule has 0 aliphatic carbocycles. The predicted octanol–water partition coefficient (Wildman–Crippen LogP) is 2.96. The molecule has 1 heterocycles. The second kappa shape index (κ2) is 10.0. The van der Waals surface area contributed by atoms with Crippen LogP contribution in [0.15, 0.2) is 42.5 Å². The summed E-state index contributed by atoms with van der Waals surface area (Å²) in [5, 5.41) is 17.1. The summed E-state index contributed by atoms with van der Waals surface area (Å²) in [6.45, 7) is 1.79. The van der Waals surface area contributed by atoms with E-state index < -0.39 is 24.0 Å². The van der Waals surface area contributed by atoms with Gasteiger partial charge in [-0.1, -0.05) is 30.3 Å². The summed E-state index contributed by atoms with van der Waals surface area (Å²) in [6, 6.07) is 11.5. The third kappa shape index (κ3) is 5.11. The Morgan fingerprint density at radius 3 is 2.28 bits per heavy atom. The number of nitrogens with zero attached hydrogens (tertiary/aromatic N) is 1. The number of likely N-dealkylation sites (tertiary alicyclic amines) is 1. The van der Waals surface area contributed by atoms with E-state index in [-0.39, 0.29) is 42.5 Å². The van der Waals surface area contributed by atoms with Crippen molar-refractivity contribution in [2.45, 2.75) is 32.1 Å². The minimum atomic E-state index is -1.13. The highest BCUT2D eigenvalue weighted by Crippen LogP contribution is 2.40. The topological polar surface area (TPSA) is 118 Å². The highest BCUT2D eigenvalue weighted by atomic mass is 16.5. The van der Waals surface area contributed by atoms with Crippen molar-refractivity contribution in [3.63, 3.8) is 0 Å². The van der Waals surface area contributed by atoms with E-state index in [1.165, 1.54) is 38.2 Å². The van der Waals surface area contributed by atoms with Gasteiger partial charge in [-0.15, -0.1) is 0 Å². The smallest absolute Gasteiger partial charge is 0.326 e. The molecule has 1 aliphatic rings. The van der Waals surface area contributed by atoms with Crippen LogP contribution in [0.4, 0.5) is 0 Å². The van der Waals surface area contributed by atoms with Crippen molar-refractivity contribution in [1.82, 2.24) is 4.90 Å². The number of hydrogen-bond acceptors (Lipinski definition) is 7. The first-order chi connectivity index (χ1) is 15.3. The number of ether oxygens (including phenoxy) is 4. The molecule has 0 bridgehead atoms. The fourth-order valence-corrected chi connectivity index (χ4v) is 3.63. The van der Waals surface area contributed by atoms with Gasteiger partial charge in [0.1, 0.15) is 18.8 Å². The molecule has 0 spiro atoms. The molecule has 0 radical (unpaired) electrons. The molecule has 1 saturated heterocycles. The standard InChI is InChI=1S/C23H26N2O7/c1-14(24)32-17-11-18(23(27)28)25(12-17)22(26)16-9-19(29-2)21(20(10-16)30-3)31-13-15-7-5-4-6-8-15/h4-10,17-18,24H,11-13H2,1-3H3,(H,27,28). The number of aliphatic carboxylic acids is 1. The van der Waals surface area contributed by atoms with Crippen LogP contribution in [0.5, 0.6) is 17.2 Å². The van der Waals surface area contributed by atoms with E-state index in [4.69, 9.17) is 24.4 Å². The van der Waals surface area contributed by atoms with Gasteiger partial charge in [0.15, 0.2) is 17.4 Å². The van der Waals surface area contributed by atoms with Crippen LogP contribution in [0.3, 0.4) is 0 Å². The van der Waals surface area contributed by atoms with Crippen molar-refractivity contribution in [2.24, 2.45) is 0 Å². The van der Waals surface area contributed by atoms with E-state index in [9.17, 15) is 14.7 Å². The summed E-state index contributed by atoms with van der Waals surface area (Å²) >= 11 is 0. The van der Waals surface area contributed by atoms with Gasteiger partial charge in [-0.05, 0) is 17.7 Å². The van der Waals surface area contributed by atoms with E-state index in [0.717, 1.165) is 5.56 Å². The number of hydrogen-bond donors (Lipinski definition) is 2. The van der Waals surface area contributed by atoms with Gasteiger partial charge in [-0.3, -0.25) is 10.2 Å². The Morgan fingerprint density at radius 1 is 1.12 bits per heavy atom. The maximum atomic E-state index is 13.2. The molecule has 1 aliphatic heterocycles. The van der Waals surface area contributed by atoms with E-state index in [1.807, 2.05) is 30.3 Å². The molecule has 170 valence electrons. The molecule has 2 unspecified atom stereocenters. The summed E-state index contributed by atoms with van der Waals surface area (Å²) in [5.74, 6) is -0.745. The predicted molar refractivity (Wildman–Crippen MR) is 116 cm³/mol. The van der Waals surface area contributed by atoms with Crippen molar-refractivity contribution in [3.05, 3.63) is 53.6 Å². The third-order valence-corrected chi connectivity index (χ3v) is 5.09. The van der Waals surface area contributed by atoms with Gasteiger partial charge in [-0.2, -0.15) is 0 Å². The number of rotatable bonds is 8. The summed E-state index contributed by atoms with van der Waals surface area (Å²) in [4.78, 5) is 26.2. The van der Waals surface area contributed by atoms with Crippen LogP contribution in [0, 0.1) is 5.41 Å². The van der Waals surface area contributed by atoms with Gasteiger partial charge >= 0.3 is 5.97 Å². The number of methoxy groups -OCH3 is 2. The fraction of sp³-hybridized carbons (Fsp3) is 0.348. The zero-order chi connectivity index (χ0) is 23.3. The number of carboxylic acids is 1. The van der Waals surface area contributed by atoms with Crippen molar-refractivity contribution in [2.75, 3.05) is 20.8 Å². The second-order valence-corrected chi connectivity index (χ2v) is 7.33. The molecule has 2 aromatic carbocycles. The van der Waals surface area contributed by atoms with Crippen LogP contribution in [0.1, 0.15) is 29.3 Å². The van der Waals surface area contributed by atoms with Crippen LogP contribution in [0.2, 0.25) is 0 Å². The number of benzene rings is 2. The van der Waals surface area contributed by atoms with Crippen molar-refractivity contribution >= 4 is 17.8 Å². The largest absolute Gasteiger partial charge is 0.493 e. The maximum Gasteiger partial charge on any atom is 0.326 e. The Hall–Kier alpha value is -3.75. The lowest BCUT2D eigenvalue weighted by atomic mass is 10.1. The molecule has 0 aromatic heterocycles. The molecule has 0 saturated carbocycles. The monoisotopic (exact) mass is 442 g/mol. The number of carbonyl (C=O) groups excluding carboxylic acids is 1. The molecular weight excluding hydrogens is 416 g/mol. The van der Waals surface area contributed by atoms with Crippen LogP contribution < -0.4 is 14.2 Å². The van der Waals surface area contributed by atoms with Gasteiger partial charge in [0, 0.05) is 18.9 Å². The Morgan fingerprint density at radius 2 is 1.75 bits per heavy atom. The minimum absolute atomic E-state index is 0.0308. The average Bonchev–Trinajstić information content (AvgIpc) is 3.20. The number of carbonyl (C=O) groups is 2. The molecule has 32 heavy (non-hydrogen) atoms. The molecule has 9 nitrogen and oxygen atoms in total. The number of carboxylic acid groups (broad SMARTS) is 1. The normalized spacial score (nSPS) is 17.5. The lowest BCUT2D eigenvalue weighted by Gasteiger charge is -2.22. The van der Waals surface area contributed by atoms with Crippen LogP contribution in [-0.4, -0.2) is 60.7 Å². The fourth-order valence-electron chi connectivity index (χ4n) is 3.63. The zero-order valence-corrected chi connectivity index (χ0v) is 18.2. The Labute approximate surface area is 186 Å². The SMILES string of the molecule is COc1cc(C(=O)N2CC(OC(C)=N)CC2C(=O)O)cc(OC)c1OCc1ccccc1. The van der Waals surface area contributed by atoms with Gasteiger partial charge in [-0.25, -0.2) is 4.79 Å². The summed E-state index contributed by atoms with van der Waals surface area (Å²) < 4.78 is 22.1. The van der Waals surface area contributed by atoms with E-state index in [0.29, 0.717) is 5.75 Å². The van der Waals surface area contributed by atoms with Crippen molar-refractivity contribution in [1.29, 1.82) is 5.41 Å². The Kier molecular flexibility index (Phi) is 7.19. The van der Waals surface area contributed by atoms with Gasteiger partial charge in [0.05, 0.1) is 20.8 Å². The average molecular weight is 442 g/mol. The van der Waals surface area contributed by atoms with Crippen LogP contribution in [-0.2, 0) is 16.1 Å². The highest BCUT2D eigenvalue weighted by Gasteiger charge is 2.41. The molecule has 9 heteroatoms. The lowest BCUT2D eigenvalue weighted by Crippen LogP contribution is -2.40. The van der Waals surface area contributed by atoms with E-state index in [1.54, 1.807) is 0 Å². The molecule has 2 N–H and O–H groups in total. The van der Waals surface area contributed by atoms with Gasteiger partial charge in [0.25, 0.3) is 5.91 Å². The zero-order valence-electron chi connectivity index (χ0n) is 18.2. The molecule has 2 atom stereocenters. The van der Waals surface area contributed by atoms with E-state index in [2.05, 4.69) is 0 Å². The van der Waals surface area contributed by atoms with Crippen LogP contribution in [0.25, 0.3) is 0 Å². The Balaban J connectivity index is 1.87. The number of amides is 1.